The van der Waals surface area contributed by atoms with E-state index < -0.39 is 0 Å². The van der Waals surface area contributed by atoms with Gasteiger partial charge in [-0.25, -0.2) is 9.97 Å². The summed E-state index contributed by atoms with van der Waals surface area (Å²) < 4.78 is 0. The molecule has 0 amide bonds. The van der Waals surface area contributed by atoms with Gasteiger partial charge in [0, 0.05) is 18.7 Å². The van der Waals surface area contributed by atoms with Crippen molar-refractivity contribution in [1.82, 2.24) is 9.97 Å². The fourth-order valence-corrected chi connectivity index (χ4v) is 1.73. The summed E-state index contributed by atoms with van der Waals surface area (Å²) in [4.78, 5) is 8.34. The lowest BCUT2D eigenvalue weighted by Crippen LogP contribution is -2.18. The van der Waals surface area contributed by atoms with Crippen molar-refractivity contribution in [3.63, 3.8) is 0 Å². The number of nitrogens with one attached hydrogen (secondary N) is 2. The Morgan fingerprint density at radius 3 is 2.50 bits per heavy atom. The lowest BCUT2D eigenvalue weighted by atomic mass is 10.1. The van der Waals surface area contributed by atoms with E-state index in [-0.39, 0.29) is 0 Å². The Bertz CT molecular complexity index is 312. The quantitative estimate of drug-likeness (QED) is 0.777. The van der Waals surface area contributed by atoms with Gasteiger partial charge < -0.3 is 10.6 Å². The van der Waals surface area contributed by atoms with Crippen LogP contribution in [0.15, 0.2) is 12.4 Å². The minimum absolute atomic E-state index is 0.435. The number of hydrogen-bond acceptors (Lipinski definition) is 4. The smallest absolute Gasteiger partial charge is 0.131 e. The predicted octanol–water partition coefficient (Wildman–Crippen LogP) is 2.75. The Morgan fingerprint density at radius 1 is 1.19 bits per heavy atom. The molecule has 0 bridgehead atoms. The van der Waals surface area contributed by atoms with Gasteiger partial charge in [0.15, 0.2) is 0 Å². The topological polar surface area (TPSA) is 49.8 Å². The highest BCUT2D eigenvalue weighted by Gasteiger charge is 2.06. The molecule has 1 aromatic rings. The van der Waals surface area contributed by atoms with Crippen LogP contribution < -0.4 is 10.6 Å². The highest BCUT2D eigenvalue weighted by atomic mass is 15.1. The van der Waals surface area contributed by atoms with Crippen molar-refractivity contribution in [2.45, 2.75) is 40.2 Å². The fraction of sp³-hybridized carbons (Fsp3) is 0.667. The predicted molar refractivity (Wildman–Crippen MR) is 68.7 cm³/mol. The third-order valence-corrected chi connectivity index (χ3v) is 2.24. The molecule has 0 aliphatic rings. The van der Waals surface area contributed by atoms with Crippen LogP contribution in [0.2, 0.25) is 0 Å². The van der Waals surface area contributed by atoms with Gasteiger partial charge in [-0.05, 0) is 26.2 Å². The Hall–Kier alpha value is -1.32. The lowest BCUT2D eigenvalue weighted by Gasteiger charge is -2.16. The third-order valence-electron chi connectivity index (χ3n) is 2.24. The molecule has 1 aromatic heterocycles. The Labute approximate surface area is 97.9 Å². The van der Waals surface area contributed by atoms with Gasteiger partial charge in [-0.15, -0.1) is 0 Å². The molecule has 4 heteroatoms. The maximum absolute atomic E-state index is 4.21. The average Bonchev–Trinajstić information content (AvgIpc) is 2.17. The molecule has 4 nitrogen and oxygen atoms in total. The van der Waals surface area contributed by atoms with Crippen molar-refractivity contribution in [2.75, 3.05) is 17.2 Å². The molecule has 1 rings (SSSR count). The largest absolute Gasteiger partial charge is 0.370 e. The zero-order valence-electron chi connectivity index (χ0n) is 10.6. The fourth-order valence-electron chi connectivity index (χ4n) is 1.73. The zero-order chi connectivity index (χ0) is 12.0. The number of nitrogens with zero attached hydrogens (tertiary/aromatic N) is 2. The van der Waals surface area contributed by atoms with Crippen molar-refractivity contribution in [3.8, 4) is 0 Å². The summed E-state index contributed by atoms with van der Waals surface area (Å²) in [5.74, 6) is 2.45. The van der Waals surface area contributed by atoms with Crippen LogP contribution in [0, 0.1) is 5.92 Å². The van der Waals surface area contributed by atoms with Crippen molar-refractivity contribution >= 4 is 11.6 Å². The first kappa shape index (κ1) is 12.7. The van der Waals surface area contributed by atoms with E-state index in [9.17, 15) is 0 Å². The molecule has 0 aliphatic carbocycles. The summed E-state index contributed by atoms with van der Waals surface area (Å²) in [7, 11) is 0. The highest BCUT2D eigenvalue weighted by Crippen LogP contribution is 2.12. The van der Waals surface area contributed by atoms with E-state index >= 15 is 0 Å². The minimum atomic E-state index is 0.435. The minimum Gasteiger partial charge on any atom is -0.370 e. The Balaban J connectivity index is 2.55. The second-order valence-electron chi connectivity index (χ2n) is 4.49. The number of rotatable bonds is 6. The first-order valence-electron chi connectivity index (χ1n) is 5.94. The molecule has 1 unspecified atom stereocenters. The lowest BCUT2D eigenvalue weighted by molar-refractivity contribution is 0.539. The molecule has 0 spiro atoms. The molecular formula is C12H22N4. The first-order chi connectivity index (χ1) is 7.61. The van der Waals surface area contributed by atoms with Crippen LogP contribution in [0.4, 0.5) is 11.6 Å². The molecule has 0 fully saturated rings. The number of aromatic nitrogens is 2. The van der Waals surface area contributed by atoms with E-state index in [1.165, 1.54) is 0 Å². The summed E-state index contributed by atoms with van der Waals surface area (Å²) in [6, 6.07) is 2.38. The normalized spacial score (nSPS) is 12.6. The van der Waals surface area contributed by atoms with Crippen LogP contribution in [0.5, 0.6) is 0 Å². The molecule has 1 heterocycles. The zero-order valence-corrected chi connectivity index (χ0v) is 10.6. The number of anilines is 2. The van der Waals surface area contributed by atoms with Crippen molar-refractivity contribution in [3.05, 3.63) is 12.4 Å². The summed E-state index contributed by atoms with van der Waals surface area (Å²) in [6.45, 7) is 9.55. The summed E-state index contributed by atoms with van der Waals surface area (Å²) >= 11 is 0. The molecule has 0 saturated carbocycles. The van der Waals surface area contributed by atoms with Gasteiger partial charge in [0.05, 0.1) is 0 Å². The van der Waals surface area contributed by atoms with Gasteiger partial charge in [-0.3, -0.25) is 0 Å². The molecule has 0 saturated heterocycles. The van der Waals surface area contributed by atoms with Crippen molar-refractivity contribution in [1.29, 1.82) is 0 Å². The summed E-state index contributed by atoms with van der Waals surface area (Å²) in [5, 5.41) is 6.55. The Morgan fingerprint density at radius 2 is 1.88 bits per heavy atom. The van der Waals surface area contributed by atoms with Crippen molar-refractivity contribution < 1.29 is 0 Å². The molecule has 90 valence electrons. The van der Waals surface area contributed by atoms with Crippen molar-refractivity contribution in [2.24, 2.45) is 5.92 Å². The molecule has 2 N–H and O–H groups in total. The maximum atomic E-state index is 4.21. The number of hydrogen-bond donors (Lipinski definition) is 2. The van der Waals surface area contributed by atoms with Gasteiger partial charge in [0.1, 0.15) is 18.0 Å². The van der Waals surface area contributed by atoms with Gasteiger partial charge in [0.2, 0.25) is 0 Å². The third kappa shape index (κ3) is 4.47. The van der Waals surface area contributed by atoms with Crippen LogP contribution in [0.3, 0.4) is 0 Å². The van der Waals surface area contributed by atoms with Crippen LogP contribution in [-0.2, 0) is 0 Å². The van der Waals surface area contributed by atoms with E-state index in [0.717, 1.165) is 24.6 Å². The summed E-state index contributed by atoms with van der Waals surface area (Å²) in [5.41, 5.74) is 0. The Kier molecular flexibility index (Phi) is 5.02. The van der Waals surface area contributed by atoms with Crippen LogP contribution in [0.25, 0.3) is 0 Å². The average molecular weight is 222 g/mol. The molecule has 16 heavy (non-hydrogen) atoms. The second kappa shape index (κ2) is 6.30. The molecule has 0 aromatic carbocycles. The van der Waals surface area contributed by atoms with Gasteiger partial charge in [-0.2, -0.15) is 0 Å². The van der Waals surface area contributed by atoms with Crippen LogP contribution >= 0.6 is 0 Å². The van der Waals surface area contributed by atoms with Crippen LogP contribution in [0.1, 0.15) is 34.1 Å². The van der Waals surface area contributed by atoms with Gasteiger partial charge >= 0.3 is 0 Å². The highest BCUT2D eigenvalue weighted by molar-refractivity contribution is 5.46. The standard InChI is InChI=1S/C12H22N4/c1-5-13-11-7-12(15-8-14-11)16-10(4)6-9(2)3/h7-10H,5-6H2,1-4H3,(H2,13,14,15,16). The SMILES string of the molecule is CCNc1cc(NC(C)CC(C)C)ncn1. The van der Waals surface area contributed by atoms with E-state index in [1.807, 2.05) is 6.07 Å². The van der Waals surface area contributed by atoms with E-state index in [0.29, 0.717) is 12.0 Å². The maximum Gasteiger partial charge on any atom is 0.131 e. The van der Waals surface area contributed by atoms with Gasteiger partial charge in [-0.1, -0.05) is 13.8 Å². The van der Waals surface area contributed by atoms with Gasteiger partial charge in [0.25, 0.3) is 0 Å². The van der Waals surface area contributed by atoms with E-state index in [1.54, 1.807) is 6.33 Å². The second-order valence-corrected chi connectivity index (χ2v) is 4.49. The van der Waals surface area contributed by atoms with E-state index in [2.05, 4.69) is 48.3 Å². The first-order valence-corrected chi connectivity index (χ1v) is 5.94. The molecule has 0 radical (unpaired) electrons. The summed E-state index contributed by atoms with van der Waals surface area (Å²) in [6.07, 6.45) is 2.73. The molecule has 0 aliphatic heterocycles. The van der Waals surface area contributed by atoms with Crippen LogP contribution in [-0.4, -0.2) is 22.6 Å². The monoisotopic (exact) mass is 222 g/mol. The van der Waals surface area contributed by atoms with E-state index in [4.69, 9.17) is 0 Å². The molecule has 1 atom stereocenters. The molecular weight excluding hydrogens is 200 g/mol.